The van der Waals surface area contributed by atoms with E-state index in [0.29, 0.717) is 5.69 Å². The molecule has 1 heterocycles. The second kappa shape index (κ2) is 5.68. The summed E-state index contributed by atoms with van der Waals surface area (Å²) in [6.07, 6.45) is 0. The van der Waals surface area contributed by atoms with Gasteiger partial charge in [-0.15, -0.1) is 0 Å². The number of para-hydroxylation sites is 1. The third kappa shape index (κ3) is 2.83. The molecule has 4 N–H and O–H groups in total. The normalized spacial score (nSPS) is 11.9. The highest BCUT2D eigenvalue weighted by molar-refractivity contribution is 7.07. The van der Waals surface area contributed by atoms with Crippen molar-refractivity contribution >= 4 is 28.4 Å². The molecule has 0 aliphatic heterocycles. The van der Waals surface area contributed by atoms with Crippen LogP contribution in [0.5, 0.6) is 0 Å². The summed E-state index contributed by atoms with van der Waals surface area (Å²) in [6, 6.07) is 6.92. The van der Waals surface area contributed by atoms with Gasteiger partial charge in [0.1, 0.15) is 11.4 Å². The lowest BCUT2D eigenvalue weighted by Crippen LogP contribution is -2.12. The quantitative estimate of drug-likeness (QED) is 0.444. The first-order valence-corrected chi connectivity index (χ1v) is 6.60. The van der Waals surface area contributed by atoms with E-state index in [1.165, 1.54) is 0 Å². The average molecular weight is 278 g/mol. The highest BCUT2D eigenvalue weighted by Crippen LogP contribution is 2.34. The molecule has 1 aromatic carbocycles. The Balaban J connectivity index is 2.32. The van der Waals surface area contributed by atoms with Crippen molar-refractivity contribution in [2.75, 3.05) is 10.7 Å². The van der Waals surface area contributed by atoms with Crippen LogP contribution in [0, 0.1) is 10.1 Å². The fourth-order valence-corrected chi connectivity index (χ4v) is 2.57. The number of nitrogens with one attached hydrogen (secondary N) is 2. The highest BCUT2D eigenvalue weighted by atomic mass is 32.1. The third-order valence-corrected chi connectivity index (χ3v) is 3.49. The van der Waals surface area contributed by atoms with E-state index in [2.05, 4.69) is 10.7 Å². The average Bonchev–Trinajstić information content (AvgIpc) is 2.92. The number of nitro groups is 1. The molecule has 2 aromatic rings. The molecule has 0 saturated carbocycles. The molecule has 0 radical (unpaired) electrons. The second-order valence-corrected chi connectivity index (χ2v) is 4.81. The SMILES string of the molecule is CC(Nc1cccc(NN)c1[N+](=O)[O-])c1ccsc1. The zero-order valence-corrected chi connectivity index (χ0v) is 11.1. The van der Waals surface area contributed by atoms with Crippen molar-refractivity contribution in [3.8, 4) is 0 Å². The minimum atomic E-state index is -0.447. The molecule has 0 bridgehead atoms. The first kappa shape index (κ1) is 13.3. The van der Waals surface area contributed by atoms with Gasteiger partial charge in [0.25, 0.3) is 0 Å². The fraction of sp³-hybridized carbons (Fsp3) is 0.167. The molecule has 1 aromatic heterocycles. The smallest absolute Gasteiger partial charge is 0.316 e. The molecule has 0 amide bonds. The van der Waals surface area contributed by atoms with Gasteiger partial charge in [0, 0.05) is 6.04 Å². The lowest BCUT2D eigenvalue weighted by Gasteiger charge is -2.15. The van der Waals surface area contributed by atoms with Crippen LogP contribution in [-0.2, 0) is 0 Å². The Labute approximate surface area is 114 Å². The molecule has 2 rings (SSSR count). The summed E-state index contributed by atoms with van der Waals surface area (Å²) < 4.78 is 0. The van der Waals surface area contributed by atoms with Crippen molar-refractivity contribution in [3.63, 3.8) is 0 Å². The summed E-state index contributed by atoms with van der Waals surface area (Å²) in [5.74, 6) is 5.30. The number of benzene rings is 1. The number of rotatable bonds is 5. The van der Waals surface area contributed by atoms with Crippen LogP contribution in [-0.4, -0.2) is 4.92 Å². The Morgan fingerprint density at radius 1 is 1.37 bits per heavy atom. The molecule has 0 aliphatic carbocycles. The Hall–Kier alpha value is -2.12. The Morgan fingerprint density at radius 3 is 2.68 bits per heavy atom. The maximum absolute atomic E-state index is 11.1. The number of nitrogens with two attached hydrogens (primary N) is 1. The van der Waals surface area contributed by atoms with Gasteiger partial charge in [-0.1, -0.05) is 6.07 Å². The van der Waals surface area contributed by atoms with E-state index >= 15 is 0 Å². The molecule has 0 saturated heterocycles. The third-order valence-electron chi connectivity index (χ3n) is 2.79. The van der Waals surface area contributed by atoms with Gasteiger partial charge in [-0.25, -0.2) is 0 Å². The van der Waals surface area contributed by atoms with Gasteiger partial charge in [0.05, 0.1) is 4.92 Å². The summed E-state index contributed by atoms with van der Waals surface area (Å²) >= 11 is 1.59. The highest BCUT2D eigenvalue weighted by Gasteiger charge is 2.20. The molecule has 1 unspecified atom stereocenters. The largest absolute Gasteiger partial charge is 0.373 e. The van der Waals surface area contributed by atoms with Crippen molar-refractivity contribution in [3.05, 3.63) is 50.7 Å². The van der Waals surface area contributed by atoms with E-state index in [1.807, 2.05) is 23.8 Å². The molecule has 19 heavy (non-hydrogen) atoms. The number of nitrogen functional groups attached to an aromatic ring is 1. The fourth-order valence-electron chi connectivity index (χ4n) is 1.81. The van der Waals surface area contributed by atoms with Crippen molar-refractivity contribution < 1.29 is 4.92 Å². The van der Waals surface area contributed by atoms with Gasteiger partial charge < -0.3 is 10.7 Å². The minimum absolute atomic E-state index is 0.0158. The summed E-state index contributed by atoms with van der Waals surface area (Å²) in [5.41, 5.74) is 4.11. The van der Waals surface area contributed by atoms with Crippen molar-refractivity contribution in [1.29, 1.82) is 0 Å². The number of hydrogen-bond donors (Lipinski definition) is 3. The van der Waals surface area contributed by atoms with E-state index in [1.54, 1.807) is 29.5 Å². The summed E-state index contributed by atoms with van der Waals surface area (Å²) in [4.78, 5) is 10.7. The maximum atomic E-state index is 11.1. The predicted octanol–water partition coefficient (Wildman–Crippen LogP) is 3.12. The zero-order chi connectivity index (χ0) is 13.8. The summed E-state index contributed by atoms with van der Waals surface area (Å²) in [5, 5.41) is 18.3. The Kier molecular flexibility index (Phi) is 3.98. The van der Waals surface area contributed by atoms with Crippen LogP contribution < -0.4 is 16.6 Å². The van der Waals surface area contributed by atoms with Gasteiger partial charge in [-0.05, 0) is 41.4 Å². The number of anilines is 2. The van der Waals surface area contributed by atoms with E-state index in [4.69, 9.17) is 5.84 Å². The van der Waals surface area contributed by atoms with Gasteiger partial charge in [0.2, 0.25) is 0 Å². The van der Waals surface area contributed by atoms with Gasteiger partial charge in [-0.2, -0.15) is 11.3 Å². The van der Waals surface area contributed by atoms with Gasteiger partial charge >= 0.3 is 5.69 Å². The van der Waals surface area contributed by atoms with Crippen molar-refractivity contribution in [1.82, 2.24) is 0 Å². The first-order chi connectivity index (χ1) is 9.13. The van der Waals surface area contributed by atoms with E-state index < -0.39 is 4.92 Å². The van der Waals surface area contributed by atoms with E-state index in [-0.39, 0.29) is 17.4 Å². The molecule has 1 atom stereocenters. The topological polar surface area (TPSA) is 93.2 Å². The number of nitro benzene ring substituents is 1. The van der Waals surface area contributed by atoms with Crippen LogP contribution in [0.3, 0.4) is 0 Å². The van der Waals surface area contributed by atoms with Crippen LogP contribution in [0.1, 0.15) is 18.5 Å². The maximum Gasteiger partial charge on any atom is 0.316 e. The lowest BCUT2D eigenvalue weighted by molar-refractivity contribution is -0.383. The van der Waals surface area contributed by atoms with Gasteiger partial charge in [0.15, 0.2) is 0 Å². The van der Waals surface area contributed by atoms with E-state index in [0.717, 1.165) is 5.56 Å². The molecule has 6 nitrogen and oxygen atoms in total. The molecule has 100 valence electrons. The number of thiophene rings is 1. The second-order valence-electron chi connectivity index (χ2n) is 4.03. The van der Waals surface area contributed by atoms with Crippen molar-refractivity contribution in [2.45, 2.75) is 13.0 Å². The molecular weight excluding hydrogens is 264 g/mol. The van der Waals surface area contributed by atoms with E-state index in [9.17, 15) is 10.1 Å². The van der Waals surface area contributed by atoms with Crippen LogP contribution in [0.25, 0.3) is 0 Å². The Morgan fingerprint density at radius 2 is 2.11 bits per heavy atom. The van der Waals surface area contributed by atoms with Crippen LogP contribution in [0.4, 0.5) is 17.1 Å². The zero-order valence-electron chi connectivity index (χ0n) is 10.3. The first-order valence-electron chi connectivity index (χ1n) is 5.66. The molecule has 0 fully saturated rings. The molecule has 7 heteroatoms. The molecular formula is C12H14N4O2S. The molecule has 0 spiro atoms. The van der Waals surface area contributed by atoms with Crippen LogP contribution >= 0.6 is 11.3 Å². The predicted molar refractivity (Wildman–Crippen MR) is 77.3 cm³/mol. The number of nitrogens with zero attached hydrogens (tertiary/aromatic N) is 1. The lowest BCUT2D eigenvalue weighted by atomic mass is 10.1. The van der Waals surface area contributed by atoms with Crippen molar-refractivity contribution in [2.24, 2.45) is 5.84 Å². The number of hydrogen-bond acceptors (Lipinski definition) is 6. The Bertz CT molecular complexity index is 571. The van der Waals surface area contributed by atoms with Crippen LogP contribution in [0.15, 0.2) is 35.0 Å². The monoisotopic (exact) mass is 278 g/mol. The van der Waals surface area contributed by atoms with Gasteiger partial charge in [-0.3, -0.25) is 16.0 Å². The standard InChI is InChI=1S/C12H14N4O2S/c1-8(9-5-6-19-7-9)14-10-3-2-4-11(15-13)12(10)16(17)18/h2-8,14-15H,13H2,1H3. The summed E-state index contributed by atoms with van der Waals surface area (Å²) in [6.45, 7) is 1.95. The van der Waals surface area contributed by atoms with Crippen LogP contribution in [0.2, 0.25) is 0 Å². The molecule has 0 aliphatic rings. The summed E-state index contributed by atoms with van der Waals surface area (Å²) in [7, 11) is 0. The minimum Gasteiger partial charge on any atom is -0.373 e. The number of hydrazine groups is 1.